The van der Waals surface area contributed by atoms with Crippen molar-refractivity contribution in [1.82, 2.24) is 9.88 Å². The van der Waals surface area contributed by atoms with Gasteiger partial charge in [0, 0.05) is 11.9 Å². The van der Waals surface area contributed by atoms with Gasteiger partial charge < -0.3 is 0 Å². The van der Waals surface area contributed by atoms with Crippen molar-refractivity contribution in [3.8, 4) is 0 Å². The van der Waals surface area contributed by atoms with E-state index in [1.165, 1.54) is 30.5 Å². The van der Waals surface area contributed by atoms with E-state index in [2.05, 4.69) is 28.1 Å². The van der Waals surface area contributed by atoms with Crippen LogP contribution in [0.2, 0.25) is 5.15 Å². The lowest BCUT2D eigenvalue weighted by atomic mass is 10.1. The van der Waals surface area contributed by atoms with Crippen molar-refractivity contribution in [1.29, 1.82) is 0 Å². The predicted molar refractivity (Wildman–Crippen MR) is 66.6 cm³/mol. The van der Waals surface area contributed by atoms with E-state index in [0.29, 0.717) is 5.15 Å². The summed E-state index contributed by atoms with van der Waals surface area (Å²) in [6.45, 7) is 3.52. The first kappa shape index (κ1) is 10.1. The number of hydrogen-bond acceptors (Lipinski definition) is 2. The molecule has 0 saturated carbocycles. The van der Waals surface area contributed by atoms with E-state index >= 15 is 0 Å². The molecule has 1 aromatic heterocycles. The van der Waals surface area contributed by atoms with Gasteiger partial charge in [-0.2, -0.15) is 0 Å². The fourth-order valence-corrected chi connectivity index (χ4v) is 2.20. The van der Waals surface area contributed by atoms with E-state index in [0.717, 1.165) is 12.1 Å². The second kappa shape index (κ2) is 4.04. The van der Waals surface area contributed by atoms with Crippen LogP contribution in [0.1, 0.15) is 12.0 Å². The van der Waals surface area contributed by atoms with Crippen molar-refractivity contribution in [2.45, 2.75) is 13.0 Å². The number of nitrogens with zero attached hydrogens (tertiary/aromatic N) is 2. The molecule has 82 valence electrons. The lowest BCUT2D eigenvalue weighted by molar-refractivity contribution is 0.172. The van der Waals surface area contributed by atoms with Crippen molar-refractivity contribution in [3.63, 3.8) is 0 Å². The maximum absolute atomic E-state index is 5.86. The van der Waals surface area contributed by atoms with Crippen molar-refractivity contribution in [2.24, 2.45) is 0 Å². The monoisotopic (exact) mass is 232 g/mol. The van der Waals surface area contributed by atoms with Gasteiger partial charge in [0.1, 0.15) is 5.15 Å². The van der Waals surface area contributed by atoms with Gasteiger partial charge in [0.25, 0.3) is 0 Å². The van der Waals surface area contributed by atoms with Crippen LogP contribution in [0.15, 0.2) is 30.3 Å². The first-order valence-electron chi connectivity index (χ1n) is 5.59. The highest BCUT2D eigenvalue weighted by Crippen LogP contribution is 2.19. The molecule has 3 rings (SSSR count). The molecule has 0 aliphatic carbocycles. The summed E-state index contributed by atoms with van der Waals surface area (Å²) in [6, 6.07) is 10.3. The highest BCUT2D eigenvalue weighted by Gasteiger charge is 2.13. The molecule has 2 nitrogen and oxygen atoms in total. The Balaban J connectivity index is 1.92. The molecule has 0 spiro atoms. The molecule has 0 amide bonds. The van der Waals surface area contributed by atoms with E-state index in [-0.39, 0.29) is 0 Å². The number of fused-ring (bicyclic) bond motifs is 1. The fourth-order valence-electron chi connectivity index (χ4n) is 2.05. The molecule has 1 aromatic carbocycles. The minimum atomic E-state index is 0.558. The molecule has 1 fully saturated rings. The van der Waals surface area contributed by atoms with Crippen LogP contribution >= 0.6 is 11.6 Å². The Morgan fingerprint density at radius 2 is 2.06 bits per heavy atom. The number of halogens is 1. The number of benzene rings is 1. The van der Waals surface area contributed by atoms with Crippen molar-refractivity contribution >= 4 is 22.5 Å². The molecule has 16 heavy (non-hydrogen) atoms. The zero-order chi connectivity index (χ0) is 11.0. The van der Waals surface area contributed by atoms with Gasteiger partial charge in [0.15, 0.2) is 0 Å². The Labute approximate surface area is 99.8 Å². The quantitative estimate of drug-likeness (QED) is 0.740. The molecule has 1 aliphatic rings. The lowest BCUT2D eigenvalue weighted by Crippen LogP contribution is -2.36. The number of pyridine rings is 1. The summed E-state index contributed by atoms with van der Waals surface area (Å²) in [4.78, 5) is 6.73. The van der Waals surface area contributed by atoms with Gasteiger partial charge >= 0.3 is 0 Å². The van der Waals surface area contributed by atoms with Gasteiger partial charge in [-0.1, -0.05) is 17.7 Å². The Kier molecular flexibility index (Phi) is 2.54. The van der Waals surface area contributed by atoms with E-state index in [1.54, 1.807) is 0 Å². The van der Waals surface area contributed by atoms with Crippen LogP contribution in [0, 0.1) is 0 Å². The molecule has 0 bridgehead atoms. The van der Waals surface area contributed by atoms with Gasteiger partial charge in [-0.3, -0.25) is 4.90 Å². The molecule has 2 aromatic rings. The summed E-state index contributed by atoms with van der Waals surface area (Å²) < 4.78 is 0. The average Bonchev–Trinajstić information content (AvgIpc) is 2.23. The first-order valence-corrected chi connectivity index (χ1v) is 5.97. The van der Waals surface area contributed by atoms with E-state index in [9.17, 15) is 0 Å². The van der Waals surface area contributed by atoms with Gasteiger partial charge in [-0.05, 0) is 49.3 Å². The highest BCUT2D eigenvalue weighted by molar-refractivity contribution is 6.29. The summed E-state index contributed by atoms with van der Waals surface area (Å²) >= 11 is 5.86. The minimum absolute atomic E-state index is 0.558. The zero-order valence-electron chi connectivity index (χ0n) is 8.99. The topological polar surface area (TPSA) is 16.1 Å². The Hall–Kier alpha value is -1.12. The van der Waals surface area contributed by atoms with Crippen LogP contribution in [-0.4, -0.2) is 23.0 Å². The van der Waals surface area contributed by atoms with Crippen LogP contribution in [0.5, 0.6) is 0 Å². The average molecular weight is 233 g/mol. The third kappa shape index (κ3) is 1.91. The summed E-state index contributed by atoms with van der Waals surface area (Å²) in [5, 5.41) is 1.73. The van der Waals surface area contributed by atoms with Crippen molar-refractivity contribution < 1.29 is 0 Å². The van der Waals surface area contributed by atoms with Crippen molar-refractivity contribution in [2.75, 3.05) is 13.1 Å². The number of aromatic nitrogens is 1. The second-order valence-electron chi connectivity index (χ2n) is 4.29. The maximum atomic E-state index is 5.86. The molecule has 3 heteroatoms. The number of likely N-dealkylation sites (tertiary alicyclic amines) is 1. The maximum Gasteiger partial charge on any atom is 0.129 e. The van der Waals surface area contributed by atoms with Crippen molar-refractivity contribution in [3.05, 3.63) is 41.0 Å². The van der Waals surface area contributed by atoms with Gasteiger partial charge in [0.2, 0.25) is 0 Å². The number of rotatable bonds is 2. The summed E-state index contributed by atoms with van der Waals surface area (Å²) in [5.41, 5.74) is 2.33. The van der Waals surface area contributed by atoms with Crippen LogP contribution in [0.25, 0.3) is 10.9 Å². The smallest absolute Gasteiger partial charge is 0.129 e. The summed E-state index contributed by atoms with van der Waals surface area (Å²) in [7, 11) is 0. The van der Waals surface area contributed by atoms with Crippen LogP contribution in [0.3, 0.4) is 0 Å². The summed E-state index contributed by atoms with van der Waals surface area (Å²) in [5.74, 6) is 0. The zero-order valence-corrected chi connectivity index (χ0v) is 9.74. The first-order chi connectivity index (χ1) is 7.81. The normalized spacial score (nSPS) is 16.3. The van der Waals surface area contributed by atoms with E-state index < -0.39 is 0 Å². The van der Waals surface area contributed by atoms with Gasteiger partial charge in [-0.25, -0.2) is 4.98 Å². The molecule has 1 aliphatic heterocycles. The van der Waals surface area contributed by atoms with Gasteiger partial charge in [-0.15, -0.1) is 0 Å². The van der Waals surface area contributed by atoms with Crippen LogP contribution < -0.4 is 0 Å². The molecular formula is C13H13ClN2. The molecule has 0 atom stereocenters. The van der Waals surface area contributed by atoms with Gasteiger partial charge in [0.05, 0.1) is 5.52 Å². The lowest BCUT2D eigenvalue weighted by Gasteiger charge is -2.30. The summed E-state index contributed by atoms with van der Waals surface area (Å²) in [6.07, 6.45) is 1.34. The molecule has 2 heterocycles. The van der Waals surface area contributed by atoms with E-state index in [4.69, 9.17) is 11.6 Å². The molecule has 0 unspecified atom stereocenters. The molecule has 0 radical (unpaired) electrons. The van der Waals surface area contributed by atoms with E-state index in [1.807, 2.05) is 12.1 Å². The third-order valence-electron chi connectivity index (χ3n) is 3.07. The fraction of sp³-hybridized carbons (Fsp3) is 0.308. The minimum Gasteiger partial charge on any atom is -0.299 e. The van der Waals surface area contributed by atoms with Crippen LogP contribution in [0.4, 0.5) is 0 Å². The second-order valence-corrected chi connectivity index (χ2v) is 4.68. The largest absolute Gasteiger partial charge is 0.299 e. The standard InChI is InChI=1S/C13H13ClN2/c14-13-5-3-11-8-10(2-4-12(11)15-13)9-16-6-1-7-16/h2-5,8H,1,6-7,9H2. The molecular weight excluding hydrogens is 220 g/mol. The predicted octanol–water partition coefficient (Wildman–Crippen LogP) is 3.09. The number of hydrogen-bond donors (Lipinski definition) is 0. The Morgan fingerprint density at radius 3 is 2.81 bits per heavy atom. The third-order valence-corrected chi connectivity index (χ3v) is 3.28. The molecule has 0 N–H and O–H groups in total. The Bertz CT molecular complexity index is 520. The highest BCUT2D eigenvalue weighted by atomic mass is 35.5. The molecule has 1 saturated heterocycles. The van der Waals surface area contributed by atoms with Crippen LogP contribution in [-0.2, 0) is 6.54 Å². The Morgan fingerprint density at radius 1 is 1.19 bits per heavy atom. The SMILES string of the molecule is Clc1ccc2cc(CN3CCC3)ccc2n1.